The average molecular weight is 368 g/mol. The maximum absolute atomic E-state index is 12.7. The van der Waals surface area contributed by atoms with Crippen LogP contribution in [0.1, 0.15) is 30.4 Å². The second-order valence-corrected chi connectivity index (χ2v) is 6.97. The molecule has 144 valence electrons. The Hall–Kier alpha value is -2.44. The van der Waals surface area contributed by atoms with E-state index >= 15 is 0 Å². The zero-order chi connectivity index (χ0) is 19.1. The number of carbonyl (C=O) groups excluding carboxylic acids is 1. The molecule has 0 bridgehead atoms. The van der Waals surface area contributed by atoms with Crippen molar-refractivity contribution >= 4 is 6.03 Å². The number of amides is 2. The Kier molecular flexibility index (Phi) is 6.79. The Balaban J connectivity index is 1.73. The number of urea groups is 1. The van der Waals surface area contributed by atoms with E-state index in [1.165, 1.54) is 5.56 Å². The van der Waals surface area contributed by atoms with Gasteiger partial charge in [-0.2, -0.15) is 0 Å². The fourth-order valence-corrected chi connectivity index (χ4v) is 3.63. The summed E-state index contributed by atoms with van der Waals surface area (Å²) >= 11 is 0. The molecule has 0 saturated carbocycles. The highest BCUT2D eigenvalue weighted by Crippen LogP contribution is 2.32. The smallest absolute Gasteiger partial charge is 0.317 e. The van der Waals surface area contributed by atoms with Crippen molar-refractivity contribution in [3.63, 3.8) is 0 Å². The summed E-state index contributed by atoms with van der Waals surface area (Å²) in [6.45, 7) is 3.85. The normalized spacial score (nSPS) is 21.3. The molecule has 0 aliphatic carbocycles. The Bertz CT molecular complexity index is 711. The van der Waals surface area contributed by atoms with Gasteiger partial charge in [-0.3, -0.25) is 4.98 Å². The summed E-state index contributed by atoms with van der Waals surface area (Å²) in [6, 6.07) is 14.1. The van der Waals surface area contributed by atoms with Gasteiger partial charge in [0.25, 0.3) is 0 Å². The van der Waals surface area contributed by atoms with Crippen molar-refractivity contribution in [3.8, 4) is 0 Å². The third-order valence-corrected chi connectivity index (χ3v) is 5.00. The summed E-state index contributed by atoms with van der Waals surface area (Å²) in [4.78, 5) is 18.7. The van der Waals surface area contributed by atoms with Crippen molar-refractivity contribution in [1.82, 2.24) is 20.5 Å². The summed E-state index contributed by atoms with van der Waals surface area (Å²) in [5.74, 6) is 0.187. The molecule has 2 aromatic rings. The van der Waals surface area contributed by atoms with E-state index in [-0.39, 0.29) is 30.6 Å². The molecule has 0 unspecified atom stereocenters. The maximum atomic E-state index is 12.7. The van der Waals surface area contributed by atoms with Crippen LogP contribution < -0.4 is 10.6 Å². The van der Waals surface area contributed by atoms with E-state index in [1.54, 1.807) is 12.4 Å². The largest absolute Gasteiger partial charge is 0.395 e. The lowest BCUT2D eigenvalue weighted by Gasteiger charge is -2.47. The summed E-state index contributed by atoms with van der Waals surface area (Å²) in [7, 11) is 0. The molecule has 3 atom stereocenters. The zero-order valence-corrected chi connectivity index (χ0v) is 15.7. The number of nitrogens with zero attached hydrogens (tertiary/aromatic N) is 2. The minimum absolute atomic E-state index is 0.0244. The van der Waals surface area contributed by atoms with Crippen LogP contribution in [0.25, 0.3) is 0 Å². The number of rotatable bonds is 8. The monoisotopic (exact) mass is 368 g/mol. The molecule has 1 aliphatic rings. The fraction of sp³-hybridized carbons (Fsp3) is 0.429. The SMILES string of the molecule is CCCNC(=O)N(Cc1cccnc1)C[C@H]1N[C@H](CO)[C@@H]1c1ccccc1. The lowest BCUT2D eigenvalue weighted by molar-refractivity contribution is 0.102. The van der Waals surface area contributed by atoms with Crippen LogP contribution in [0.4, 0.5) is 4.79 Å². The zero-order valence-electron chi connectivity index (χ0n) is 15.7. The first-order valence-electron chi connectivity index (χ1n) is 9.56. The predicted molar refractivity (Wildman–Crippen MR) is 105 cm³/mol. The number of hydrogen-bond acceptors (Lipinski definition) is 4. The standard InChI is InChI=1S/C21H28N4O2/c1-2-10-23-21(27)25(13-16-7-6-11-22-12-16)14-18-20(19(15-26)24-18)17-8-4-3-5-9-17/h3-9,11-12,18-20,24,26H,2,10,13-15H2,1H3,(H,23,27)/t18-,19-,20-/m1/s1. The molecular formula is C21H28N4O2. The number of benzene rings is 1. The number of nitrogens with one attached hydrogen (secondary N) is 2. The van der Waals surface area contributed by atoms with E-state index in [2.05, 4.69) is 27.8 Å². The highest BCUT2D eigenvalue weighted by atomic mass is 16.3. The van der Waals surface area contributed by atoms with Gasteiger partial charge in [0.1, 0.15) is 0 Å². The lowest BCUT2D eigenvalue weighted by atomic mass is 9.77. The van der Waals surface area contributed by atoms with Crippen LogP contribution in [-0.4, -0.2) is 52.8 Å². The maximum Gasteiger partial charge on any atom is 0.317 e. The topological polar surface area (TPSA) is 77.5 Å². The van der Waals surface area contributed by atoms with Gasteiger partial charge in [-0.25, -0.2) is 4.79 Å². The quantitative estimate of drug-likeness (QED) is 0.667. The minimum atomic E-state index is -0.0678. The molecule has 2 amide bonds. The first-order valence-corrected chi connectivity index (χ1v) is 9.56. The van der Waals surface area contributed by atoms with E-state index < -0.39 is 0 Å². The first kappa shape index (κ1) is 19.3. The fourth-order valence-electron chi connectivity index (χ4n) is 3.63. The molecule has 1 aliphatic heterocycles. The van der Waals surface area contributed by atoms with E-state index in [9.17, 15) is 9.90 Å². The number of aliphatic hydroxyl groups excluding tert-OH is 1. The molecule has 27 heavy (non-hydrogen) atoms. The van der Waals surface area contributed by atoms with Crippen LogP contribution in [0.2, 0.25) is 0 Å². The summed E-state index contributed by atoms with van der Waals surface area (Å²) in [6.07, 6.45) is 4.42. The van der Waals surface area contributed by atoms with Gasteiger partial charge in [-0.05, 0) is 23.6 Å². The molecule has 0 radical (unpaired) electrons. The van der Waals surface area contributed by atoms with Crippen LogP contribution in [0.3, 0.4) is 0 Å². The van der Waals surface area contributed by atoms with Crippen LogP contribution in [0.15, 0.2) is 54.9 Å². The molecule has 6 nitrogen and oxygen atoms in total. The average Bonchev–Trinajstić information content (AvgIpc) is 2.69. The Labute approximate surface area is 160 Å². The Morgan fingerprint density at radius 2 is 2.04 bits per heavy atom. The van der Waals surface area contributed by atoms with Crippen molar-refractivity contribution in [2.45, 2.75) is 37.9 Å². The number of aromatic nitrogens is 1. The number of carbonyl (C=O) groups is 1. The third kappa shape index (κ3) is 4.84. The summed E-state index contributed by atoms with van der Waals surface area (Å²) in [5, 5.41) is 16.1. The van der Waals surface area contributed by atoms with Crippen LogP contribution >= 0.6 is 0 Å². The summed E-state index contributed by atoms with van der Waals surface area (Å²) in [5.41, 5.74) is 2.19. The molecule has 3 N–H and O–H groups in total. The van der Waals surface area contributed by atoms with Gasteiger partial charge in [-0.1, -0.05) is 43.3 Å². The minimum Gasteiger partial charge on any atom is -0.395 e. The Morgan fingerprint density at radius 3 is 2.70 bits per heavy atom. The van der Waals surface area contributed by atoms with Crippen LogP contribution in [0.5, 0.6) is 0 Å². The van der Waals surface area contributed by atoms with Crippen LogP contribution in [0, 0.1) is 0 Å². The van der Waals surface area contributed by atoms with E-state index in [1.807, 2.05) is 42.2 Å². The van der Waals surface area contributed by atoms with E-state index in [4.69, 9.17) is 0 Å². The van der Waals surface area contributed by atoms with Gasteiger partial charge in [0.15, 0.2) is 0 Å². The van der Waals surface area contributed by atoms with E-state index in [0.29, 0.717) is 19.6 Å². The number of pyridine rings is 1. The van der Waals surface area contributed by atoms with Gasteiger partial charge in [0, 0.05) is 50.0 Å². The van der Waals surface area contributed by atoms with Gasteiger partial charge in [0.05, 0.1) is 6.61 Å². The molecule has 1 aromatic heterocycles. The molecule has 0 spiro atoms. The van der Waals surface area contributed by atoms with E-state index in [0.717, 1.165) is 12.0 Å². The van der Waals surface area contributed by atoms with Crippen molar-refractivity contribution in [2.24, 2.45) is 0 Å². The Morgan fingerprint density at radius 1 is 1.22 bits per heavy atom. The number of aliphatic hydroxyl groups is 1. The van der Waals surface area contributed by atoms with Crippen molar-refractivity contribution < 1.29 is 9.90 Å². The molecule has 1 saturated heterocycles. The second kappa shape index (κ2) is 9.48. The second-order valence-electron chi connectivity index (χ2n) is 6.97. The highest BCUT2D eigenvalue weighted by Gasteiger charge is 2.42. The van der Waals surface area contributed by atoms with Crippen molar-refractivity contribution in [3.05, 3.63) is 66.0 Å². The van der Waals surface area contributed by atoms with Gasteiger partial charge in [-0.15, -0.1) is 0 Å². The predicted octanol–water partition coefficient (Wildman–Crippen LogP) is 2.12. The molecule has 6 heteroatoms. The van der Waals surface area contributed by atoms with Gasteiger partial charge >= 0.3 is 6.03 Å². The highest BCUT2D eigenvalue weighted by molar-refractivity contribution is 5.74. The number of hydrogen-bond donors (Lipinski definition) is 3. The van der Waals surface area contributed by atoms with Crippen molar-refractivity contribution in [2.75, 3.05) is 19.7 Å². The summed E-state index contributed by atoms with van der Waals surface area (Å²) < 4.78 is 0. The van der Waals surface area contributed by atoms with Crippen LogP contribution in [-0.2, 0) is 6.54 Å². The van der Waals surface area contributed by atoms with Crippen molar-refractivity contribution in [1.29, 1.82) is 0 Å². The third-order valence-electron chi connectivity index (χ3n) is 5.00. The van der Waals surface area contributed by atoms with Gasteiger partial charge < -0.3 is 20.6 Å². The molecule has 2 heterocycles. The van der Waals surface area contributed by atoms with Gasteiger partial charge in [0.2, 0.25) is 0 Å². The lowest BCUT2D eigenvalue weighted by Crippen LogP contribution is -2.65. The first-order chi connectivity index (χ1) is 13.2. The molecule has 1 aromatic carbocycles. The molecular weight excluding hydrogens is 340 g/mol. The molecule has 3 rings (SSSR count). The molecule has 1 fully saturated rings.